The first-order valence-corrected chi connectivity index (χ1v) is 0.977. The molecule has 22 valence electrons. The van der Waals surface area contributed by atoms with Crippen LogP contribution < -0.4 is 0 Å². The molecule has 1 nitrogen and oxygen atoms in total. The lowest BCUT2D eigenvalue weighted by atomic mass is 11.1. The summed E-state index contributed by atoms with van der Waals surface area (Å²) in [4.78, 5) is 9.06. The Hall–Kier alpha value is -0.590. The van der Waals surface area contributed by atoms with Gasteiger partial charge in [-0.05, 0) is 6.08 Å². The quantitative estimate of drug-likeness (QED) is 0.241. The average molecular weight is 57.1 g/mol. The van der Waals surface area contributed by atoms with Crippen molar-refractivity contribution < 1.29 is 4.79 Å². The smallest absolute Gasteiger partial charge is 0.142 e. The molecule has 0 aromatic rings. The van der Waals surface area contributed by atoms with Gasteiger partial charge in [-0.2, -0.15) is 0 Å². The van der Waals surface area contributed by atoms with Gasteiger partial charge in [-0.3, -0.25) is 4.79 Å². The van der Waals surface area contributed by atoms with E-state index in [0.717, 1.165) is 0 Å². The first kappa shape index (κ1) is 3.41. The molecule has 0 heterocycles. The van der Waals surface area contributed by atoms with Crippen molar-refractivity contribution in [2.75, 3.05) is 0 Å². The minimum atomic E-state index is 0.639. The molecule has 0 bridgehead atoms. The van der Waals surface area contributed by atoms with Gasteiger partial charge < -0.3 is 0 Å². The Morgan fingerprint density at radius 2 is 2.00 bits per heavy atom. The molecule has 0 radical (unpaired) electrons. The predicted octanol–water partition coefficient (Wildman–Crippen LogP) is 0.371. The molecular formula is C3H4O. The molecule has 0 aliphatic carbocycles. The fourth-order valence-corrected chi connectivity index (χ4v) is 0. The zero-order valence-electron chi connectivity index (χ0n) is 2.27. The Morgan fingerprint density at radius 1 is 1.75 bits per heavy atom. The van der Waals surface area contributed by atoms with Crippen LogP contribution in [0, 0.1) is 0 Å². The number of aldehydes is 1. The van der Waals surface area contributed by atoms with Gasteiger partial charge in [-0.1, -0.05) is 6.58 Å². The van der Waals surface area contributed by atoms with E-state index in [0.29, 0.717) is 6.29 Å². The van der Waals surface area contributed by atoms with E-state index in [1.807, 2.05) is 0 Å². The summed E-state index contributed by atoms with van der Waals surface area (Å²) < 4.78 is 0. The molecule has 0 atom stereocenters. The standard InChI is InChI=1S/C3H4O/c1-2-3-4/h2-3H,1H2/i2+1. The molecule has 0 aromatic heterocycles. The molecule has 0 aromatic carbocycles. The van der Waals surface area contributed by atoms with Gasteiger partial charge >= 0.3 is 0 Å². The van der Waals surface area contributed by atoms with Crippen LogP contribution in [0.25, 0.3) is 0 Å². The van der Waals surface area contributed by atoms with Gasteiger partial charge in [-0.15, -0.1) is 0 Å². The summed E-state index contributed by atoms with van der Waals surface area (Å²) in [6.45, 7) is 3.11. The SMILES string of the molecule is C=[13CH]C=O. The molecule has 0 spiro atoms. The molecule has 0 unspecified atom stereocenters. The summed E-state index contributed by atoms with van der Waals surface area (Å²) in [6.07, 6.45) is 1.83. The lowest BCUT2D eigenvalue weighted by molar-refractivity contribution is -0.104. The molecule has 0 rings (SSSR count). The minimum absolute atomic E-state index is 0.639. The third-order valence-electron chi connectivity index (χ3n) is 0.0962. The van der Waals surface area contributed by atoms with Crippen LogP contribution in [-0.2, 0) is 4.79 Å². The second kappa shape index (κ2) is 2.41. The first-order chi connectivity index (χ1) is 1.91. The minimum Gasteiger partial charge on any atom is -0.299 e. The van der Waals surface area contributed by atoms with Gasteiger partial charge in [0.25, 0.3) is 0 Å². The Kier molecular flexibility index (Phi) is 2.05. The molecule has 0 aliphatic heterocycles. The van der Waals surface area contributed by atoms with E-state index < -0.39 is 0 Å². The first-order valence-electron chi connectivity index (χ1n) is 0.977. The van der Waals surface area contributed by atoms with Gasteiger partial charge in [0.15, 0.2) is 0 Å². The normalized spacial score (nSPS) is 5.00. The highest BCUT2D eigenvalue weighted by molar-refractivity contribution is 5.63. The van der Waals surface area contributed by atoms with Crippen molar-refractivity contribution in [3.8, 4) is 0 Å². The molecule has 0 saturated carbocycles. The van der Waals surface area contributed by atoms with Crippen LogP contribution in [0.2, 0.25) is 0 Å². The third-order valence-corrected chi connectivity index (χ3v) is 0.0962. The number of rotatable bonds is 1. The van der Waals surface area contributed by atoms with E-state index in [4.69, 9.17) is 4.79 Å². The maximum Gasteiger partial charge on any atom is 0.142 e. The van der Waals surface area contributed by atoms with Gasteiger partial charge in [-0.25, -0.2) is 0 Å². The number of hydrogen-bond acceptors (Lipinski definition) is 1. The lowest BCUT2D eigenvalue weighted by Gasteiger charge is -1.37. The zero-order valence-corrected chi connectivity index (χ0v) is 2.27. The fourth-order valence-electron chi connectivity index (χ4n) is 0. The van der Waals surface area contributed by atoms with Gasteiger partial charge in [0, 0.05) is 0 Å². The maximum absolute atomic E-state index is 9.06. The Morgan fingerprint density at radius 3 is 2.00 bits per heavy atom. The lowest BCUT2D eigenvalue weighted by Crippen LogP contribution is -1.44. The van der Waals surface area contributed by atoms with Crippen LogP contribution in [-0.4, -0.2) is 6.29 Å². The highest BCUT2D eigenvalue weighted by Crippen LogP contribution is 1.35. The summed E-state index contributed by atoms with van der Waals surface area (Å²) in [6, 6.07) is 0. The monoisotopic (exact) mass is 57.0 g/mol. The summed E-state index contributed by atoms with van der Waals surface area (Å²) in [5, 5.41) is 0. The van der Waals surface area contributed by atoms with E-state index in [9.17, 15) is 0 Å². The van der Waals surface area contributed by atoms with Crippen molar-refractivity contribution >= 4 is 6.29 Å². The Labute approximate surface area is 24.9 Å². The van der Waals surface area contributed by atoms with Crippen LogP contribution in [0.3, 0.4) is 0 Å². The van der Waals surface area contributed by atoms with Crippen molar-refractivity contribution in [2.24, 2.45) is 0 Å². The van der Waals surface area contributed by atoms with Crippen LogP contribution in [0.5, 0.6) is 0 Å². The van der Waals surface area contributed by atoms with Crippen molar-refractivity contribution in [1.82, 2.24) is 0 Å². The molecule has 0 aliphatic rings. The summed E-state index contributed by atoms with van der Waals surface area (Å²) in [5.41, 5.74) is 0. The van der Waals surface area contributed by atoms with Gasteiger partial charge in [0.2, 0.25) is 0 Å². The number of allylic oxidation sites excluding steroid dienone is 1. The molecular weight excluding hydrogens is 53.0 g/mol. The maximum atomic E-state index is 9.06. The van der Waals surface area contributed by atoms with Gasteiger partial charge in [0.1, 0.15) is 6.29 Å². The van der Waals surface area contributed by atoms with Crippen molar-refractivity contribution in [1.29, 1.82) is 0 Å². The van der Waals surface area contributed by atoms with Crippen LogP contribution >= 0.6 is 0 Å². The fraction of sp³-hybridized carbons (Fsp3) is 0. The second-order valence-electron chi connectivity index (χ2n) is 0.372. The number of carbonyl (C=O) groups is 1. The van der Waals surface area contributed by atoms with Crippen LogP contribution in [0.15, 0.2) is 12.7 Å². The zero-order chi connectivity index (χ0) is 3.41. The number of hydrogen-bond donors (Lipinski definition) is 0. The average Bonchev–Trinajstić information content (AvgIpc) is 1.37. The Bertz CT molecular complexity index is 24.3. The molecule has 1 heteroatoms. The third kappa shape index (κ3) is 1.41. The number of carbonyl (C=O) groups excluding carboxylic acids is 1. The van der Waals surface area contributed by atoms with Crippen LogP contribution in [0.4, 0.5) is 0 Å². The van der Waals surface area contributed by atoms with E-state index >= 15 is 0 Å². The van der Waals surface area contributed by atoms with E-state index in [2.05, 4.69) is 6.58 Å². The van der Waals surface area contributed by atoms with E-state index in [-0.39, 0.29) is 0 Å². The highest BCUT2D eigenvalue weighted by atomic mass is 16.1. The van der Waals surface area contributed by atoms with Crippen molar-refractivity contribution in [3.05, 3.63) is 12.7 Å². The topological polar surface area (TPSA) is 17.1 Å². The van der Waals surface area contributed by atoms with E-state index in [1.165, 1.54) is 6.08 Å². The van der Waals surface area contributed by atoms with Gasteiger partial charge in [0.05, 0.1) is 0 Å². The largest absolute Gasteiger partial charge is 0.299 e. The molecule has 0 amide bonds. The summed E-state index contributed by atoms with van der Waals surface area (Å²) >= 11 is 0. The predicted molar refractivity (Wildman–Crippen MR) is 16.3 cm³/mol. The van der Waals surface area contributed by atoms with Crippen molar-refractivity contribution in [2.45, 2.75) is 0 Å². The van der Waals surface area contributed by atoms with E-state index in [1.54, 1.807) is 0 Å². The molecule has 0 fully saturated rings. The highest BCUT2D eigenvalue weighted by Gasteiger charge is 1.38. The summed E-state index contributed by atoms with van der Waals surface area (Å²) in [5.74, 6) is 0. The molecule has 0 N–H and O–H groups in total. The molecule has 4 heavy (non-hydrogen) atoms. The molecule has 0 saturated heterocycles. The van der Waals surface area contributed by atoms with Crippen LogP contribution in [0.1, 0.15) is 0 Å². The Balaban J connectivity index is 2.73. The second-order valence-corrected chi connectivity index (χ2v) is 0.372. The van der Waals surface area contributed by atoms with Crippen molar-refractivity contribution in [3.63, 3.8) is 0 Å². The summed E-state index contributed by atoms with van der Waals surface area (Å²) in [7, 11) is 0.